The Kier molecular flexibility index (Phi) is 6.41. The van der Waals surface area contributed by atoms with Gasteiger partial charge < -0.3 is 4.90 Å². The Labute approximate surface area is 204 Å². The second kappa shape index (κ2) is 9.50. The molecule has 3 atom stereocenters. The number of benzene rings is 2. The van der Waals surface area contributed by atoms with E-state index in [-0.39, 0.29) is 29.3 Å². The van der Waals surface area contributed by atoms with Crippen molar-refractivity contribution in [2.75, 3.05) is 6.54 Å². The van der Waals surface area contributed by atoms with Gasteiger partial charge in [0.2, 0.25) is 15.9 Å². The number of piperidine rings is 1. The molecule has 1 amide bonds. The fraction of sp³-hybridized carbons (Fsp3) is 0.400. The minimum absolute atomic E-state index is 0.0476. The Morgan fingerprint density at radius 3 is 2.63 bits per heavy atom. The SMILES string of the molecule is CC[C@H]1CN(Cc2cnnn2-c2ccccc2)C(=O)C2CCCC1N2S(=O)(=O)c1cccc(F)c1. The van der Waals surface area contributed by atoms with Crippen LogP contribution >= 0.6 is 0 Å². The van der Waals surface area contributed by atoms with Gasteiger partial charge in [0.05, 0.1) is 29.0 Å². The monoisotopic (exact) mass is 497 g/mol. The summed E-state index contributed by atoms with van der Waals surface area (Å²) >= 11 is 0. The zero-order valence-electron chi connectivity index (χ0n) is 19.5. The van der Waals surface area contributed by atoms with Crippen molar-refractivity contribution >= 4 is 15.9 Å². The van der Waals surface area contributed by atoms with Crippen LogP contribution in [0.25, 0.3) is 5.69 Å². The summed E-state index contributed by atoms with van der Waals surface area (Å²) in [6.45, 7) is 2.73. The average molecular weight is 498 g/mol. The van der Waals surface area contributed by atoms with Crippen molar-refractivity contribution in [3.63, 3.8) is 0 Å². The first-order valence-electron chi connectivity index (χ1n) is 11.9. The lowest BCUT2D eigenvalue weighted by Gasteiger charge is -2.40. The van der Waals surface area contributed by atoms with Crippen molar-refractivity contribution in [2.24, 2.45) is 5.92 Å². The minimum Gasteiger partial charge on any atom is -0.335 e. The topological polar surface area (TPSA) is 88.4 Å². The molecule has 2 aromatic carbocycles. The molecule has 1 aromatic heterocycles. The van der Waals surface area contributed by atoms with Crippen LogP contribution in [-0.2, 0) is 21.4 Å². The highest BCUT2D eigenvalue weighted by atomic mass is 32.2. The number of sulfonamides is 1. The number of carbonyl (C=O) groups is 1. The second-order valence-corrected chi connectivity index (χ2v) is 11.0. The highest BCUT2D eigenvalue weighted by molar-refractivity contribution is 7.89. The summed E-state index contributed by atoms with van der Waals surface area (Å²) in [7, 11) is -4.06. The molecular formula is C25H28FN5O3S. The Morgan fingerprint density at radius 2 is 1.89 bits per heavy atom. The zero-order chi connectivity index (χ0) is 24.6. The number of hydrogen-bond acceptors (Lipinski definition) is 5. The molecule has 0 saturated carbocycles. The highest BCUT2D eigenvalue weighted by Crippen LogP contribution is 2.38. The summed E-state index contributed by atoms with van der Waals surface area (Å²) in [5, 5.41) is 8.25. The van der Waals surface area contributed by atoms with Gasteiger partial charge in [-0.05, 0) is 55.5 Å². The number of halogens is 1. The maximum atomic E-state index is 13.9. The maximum Gasteiger partial charge on any atom is 0.244 e. The molecule has 0 radical (unpaired) electrons. The number of aromatic nitrogens is 3. The van der Waals surface area contributed by atoms with Crippen molar-refractivity contribution in [2.45, 2.75) is 56.1 Å². The van der Waals surface area contributed by atoms with Crippen molar-refractivity contribution in [1.82, 2.24) is 24.2 Å². The molecule has 10 heteroatoms. The van der Waals surface area contributed by atoms with Crippen molar-refractivity contribution in [1.29, 1.82) is 0 Å². The second-order valence-electron chi connectivity index (χ2n) is 9.17. The number of fused-ring (bicyclic) bond motifs is 2. The van der Waals surface area contributed by atoms with Crippen LogP contribution in [0, 0.1) is 11.7 Å². The third-order valence-corrected chi connectivity index (χ3v) is 9.01. The molecule has 3 aromatic rings. The molecule has 35 heavy (non-hydrogen) atoms. The summed E-state index contributed by atoms with van der Waals surface area (Å²) < 4.78 is 44.5. The van der Waals surface area contributed by atoms with Gasteiger partial charge in [-0.2, -0.15) is 4.31 Å². The molecule has 2 bridgehead atoms. The van der Waals surface area contributed by atoms with Gasteiger partial charge in [0.25, 0.3) is 0 Å². The third-order valence-electron chi connectivity index (χ3n) is 7.08. The van der Waals surface area contributed by atoms with E-state index in [1.165, 1.54) is 22.5 Å². The van der Waals surface area contributed by atoms with Gasteiger partial charge in [-0.25, -0.2) is 17.5 Å². The Morgan fingerprint density at radius 1 is 1.09 bits per heavy atom. The molecule has 2 unspecified atom stereocenters. The van der Waals surface area contributed by atoms with E-state index in [2.05, 4.69) is 10.3 Å². The summed E-state index contributed by atoms with van der Waals surface area (Å²) in [6, 6.07) is 13.4. The van der Waals surface area contributed by atoms with E-state index in [1.54, 1.807) is 15.8 Å². The maximum absolute atomic E-state index is 13.9. The molecule has 3 heterocycles. The fourth-order valence-corrected chi connectivity index (χ4v) is 7.29. The number of carbonyl (C=O) groups excluding carboxylic acids is 1. The number of nitrogens with zero attached hydrogens (tertiary/aromatic N) is 5. The van der Waals surface area contributed by atoms with Gasteiger partial charge in [0, 0.05) is 12.6 Å². The first-order valence-corrected chi connectivity index (χ1v) is 13.4. The van der Waals surface area contributed by atoms with E-state index >= 15 is 0 Å². The lowest BCUT2D eigenvalue weighted by molar-refractivity contribution is -0.135. The summed E-state index contributed by atoms with van der Waals surface area (Å²) in [5.41, 5.74) is 1.58. The summed E-state index contributed by atoms with van der Waals surface area (Å²) in [4.78, 5) is 15.5. The smallest absolute Gasteiger partial charge is 0.244 e. The molecular weight excluding hydrogens is 469 g/mol. The number of para-hydroxylation sites is 1. The van der Waals surface area contributed by atoms with Gasteiger partial charge in [-0.3, -0.25) is 4.79 Å². The average Bonchev–Trinajstić information content (AvgIpc) is 3.32. The van der Waals surface area contributed by atoms with Gasteiger partial charge >= 0.3 is 0 Å². The third kappa shape index (κ3) is 4.36. The standard InChI is InChI=1S/C25H28FN5O3S/c1-2-18-16-29(17-21-15-27-28-30(21)20-9-4-3-5-10-20)25(32)24-13-7-12-23(18)31(24)35(33,34)22-11-6-8-19(26)14-22/h3-6,8-11,14-15,18,23-24H,2,7,12-13,16-17H2,1H3/t18-,23?,24?/m0/s1. The number of amides is 1. The van der Waals surface area contributed by atoms with Crippen LogP contribution < -0.4 is 0 Å². The number of hydrogen-bond donors (Lipinski definition) is 0. The summed E-state index contributed by atoms with van der Waals surface area (Å²) in [6.07, 6.45) is 4.23. The quantitative estimate of drug-likeness (QED) is 0.521. The van der Waals surface area contributed by atoms with Gasteiger partial charge in [0.1, 0.15) is 11.9 Å². The molecule has 5 rings (SSSR count). The van der Waals surface area contributed by atoms with E-state index < -0.39 is 21.9 Å². The molecule has 2 aliphatic rings. The van der Waals surface area contributed by atoms with Gasteiger partial charge in [0.15, 0.2) is 0 Å². The molecule has 0 aliphatic carbocycles. The molecule has 2 saturated heterocycles. The van der Waals surface area contributed by atoms with E-state index in [1.807, 2.05) is 37.3 Å². The van der Waals surface area contributed by atoms with Crippen LogP contribution in [0.2, 0.25) is 0 Å². The fourth-order valence-electron chi connectivity index (χ4n) is 5.37. The van der Waals surface area contributed by atoms with E-state index in [9.17, 15) is 17.6 Å². The van der Waals surface area contributed by atoms with Crippen LogP contribution in [0.15, 0.2) is 65.7 Å². The first-order chi connectivity index (χ1) is 16.9. The Bertz CT molecular complexity index is 1310. The van der Waals surface area contributed by atoms with Gasteiger partial charge in [-0.15, -0.1) is 5.10 Å². The van der Waals surface area contributed by atoms with E-state index in [0.29, 0.717) is 25.8 Å². The van der Waals surface area contributed by atoms with Crippen LogP contribution in [0.4, 0.5) is 4.39 Å². The molecule has 0 spiro atoms. The molecule has 2 fully saturated rings. The van der Waals surface area contributed by atoms with Crippen LogP contribution in [0.3, 0.4) is 0 Å². The Balaban J connectivity index is 1.51. The predicted molar refractivity (Wildman–Crippen MR) is 127 cm³/mol. The largest absolute Gasteiger partial charge is 0.335 e. The van der Waals surface area contributed by atoms with Crippen molar-refractivity contribution < 1.29 is 17.6 Å². The first kappa shape index (κ1) is 23.6. The predicted octanol–water partition coefficient (Wildman–Crippen LogP) is 3.39. The van der Waals surface area contributed by atoms with Crippen LogP contribution in [0.1, 0.15) is 38.3 Å². The van der Waals surface area contributed by atoms with Crippen molar-refractivity contribution in [3.05, 3.63) is 72.3 Å². The lowest BCUT2D eigenvalue weighted by atomic mass is 9.89. The molecule has 184 valence electrons. The van der Waals surface area contributed by atoms with Crippen LogP contribution in [-0.4, -0.2) is 57.2 Å². The zero-order valence-corrected chi connectivity index (χ0v) is 20.3. The van der Waals surface area contributed by atoms with Crippen LogP contribution in [0.5, 0.6) is 0 Å². The van der Waals surface area contributed by atoms with E-state index in [4.69, 9.17) is 0 Å². The highest BCUT2D eigenvalue weighted by Gasteiger charge is 2.49. The Hall–Kier alpha value is -3.11. The number of rotatable bonds is 6. The molecule has 8 nitrogen and oxygen atoms in total. The minimum atomic E-state index is -4.06. The lowest BCUT2D eigenvalue weighted by Crippen LogP contribution is -2.54. The van der Waals surface area contributed by atoms with Gasteiger partial charge in [-0.1, -0.05) is 42.8 Å². The summed E-state index contributed by atoms with van der Waals surface area (Å²) in [5.74, 6) is -0.896. The molecule has 0 N–H and O–H groups in total. The molecule has 2 aliphatic heterocycles. The van der Waals surface area contributed by atoms with E-state index in [0.717, 1.165) is 23.9 Å². The van der Waals surface area contributed by atoms with Crippen molar-refractivity contribution in [3.8, 4) is 5.69 Å². The normalized spacial score (nSPS) is 23.3.